The van der Waals surface area contributed by atoms with Gasteiger partial charge in [-0.1, -0.05) is 12.1 Å². The summed E-state index contributed by atoms with van der Waals surface area (Å²) < 4.78 is 21.8. The van der Waals surface area contributed by atoms with E-state index in [2.05, 4.69) is 10.6 Å². The predicted octanol–water partition coefficient (Wildman–Crippen LogP) is 4.09. The van der Waals surface area contributed by atoms with Gasteiger partial charge in [-0.3, -0.25) is 0 Å². The van der Waals surface area contributed by atoms with Crippen LogP contribution in [0.5, 0.6) is 17.2 Å². The van der Waals surface area contributed by atoms with Gasteiger partial charge in [0.1, 0.15) is 5.75 Å². The van der Waals surface area contributed by atoms with Gasteiger partial charge in [-0.05, 0) is 43.7 Å². The van der Waals surface area contributed by atoms with E-state index in [4.69, 9.17) is 23.9 Å². The SMILES string of the molecule is CCNC(=NCc1ccc(OC)c(OCC)c1)Nc1cccc(OCCCOC)c1. The van der Waals surface area contributed by atoms with Crippen molar-refractivity contribution in [2.24, 2.45) is 4.99 Å². The smallest absolute Gasteiger partial charge is 0.196 e. The Morgan fingerprint density at radius 3 is 2.57 bits per heavy atom. The lowest BCUT2D eigenvalue weighted by molar-refractivity contribution is 0.172. The maximum Gasteiger partial charge on any atom is 0.196 e. The number of methoxy groups -OCH3 is 2. The first-order chi connectivity index (χ1) is 14.7. The summed E-state index contributed by atoms with van der Waals surface area (Å²) in [6.07, 6.45) is 0.851. The molecule has 0 radical (unpaired) electrons. The van der Waals surface area contributed by atoms with Gasteiger partial charge in [0.2, 0.25) is 0 Å². The molecule has 2 aromatic rings. The van der Waals surface area contributed by atoms with Crippen molar-refractivity contribution in [3.63, 3.8) is 0 Å². The molecule has 0 saturated heterocycles. The molecule has 0 unspecified atom stereocenters. The third-order valence-corrected chi connectivity index (χ3v) is 4.15. The topological polar surface area (TPSA) is 73.3 Å². The van der Waals surface area contributed by atoms with Crippen LogP contribution >= 0.6 is 0 Å². The summed E-state index contributed by atoms with van der Waals surface area (Å²) in [6, 6.07) is 13.7. The van der Waals surface area contributed by atoms with Crippen LogP contribution < -0.4 is 24.8 Å². The van der Waals surface area contributed by atoms with E-state index in [-0.39, 0.29) is 0 Å². The molecule has 0 aliphatic heterocycles. The van der Waals surface area contributed by atoms with Crippen LogP contribution in [0.2, 0.25) is 0 Å². The number of guanidine groups is 1. The summed E-state index contributed by atoms with van der Waals surface area (Å²) >= 11 is 0. The van der Waals surface area contributed by atoms with Crippen molar-refractivity contribution in [1.29, 1.82) is 0 Å². The number of nitrogens with one attached hydrogen (secondary N) is 2. The average Bonchev–Trinajstić information content (AvgIpc) is 2.76. The number of aliphatic imine (C=N–C) groups is 1. The first kappa shape index (κ1) is 23.3. The fourth-order valence-electron chi connectivity index (χ4n) is 2.76. The first-order valence-corrected chi connectivity index (χ1v) is 10.3. The van der Waals surface area contributed by atoms with Crippen LogP contribution in [0.15, 0.2) is 47.5 Å². The van der Waals surface area contributed by atoms with Gasteiger partial charge in [0.05, 0.1) is 26.9 Å². The van der Waals surface area contributed by atoms with Crippen molar-refractivity contribution >= 4 is 11.6 Å². The number of nitrogens with zero attached hydrogens (tertiary/aromatic N) is 1. The fraction of sp³-hybridized carbons (Fsp3) is 0.435. The van der Waals surface area contributed by atoms with E-state index < -0.39 is 0 Å². The maximum absolute atomic E-state index is 5.77. The third kappa shape index (κ3) is 7.83. The first-order valence-electron chi connectivity index (χ1n) is 10.3. The van der Waals surface area contributed by atoms with Crippen LogP contribution in [0.3, 0.4) is 0 Å². The molecule has 0 aromatic heterocycles. The van der Waals surface area contributed by atoms with E-state index in [0.29, 0.717) is 32.3 Å². The summed E-state index contributed by atoms with van der Waals surface area (Å²) in [4.78, 5) is 4.69. The molecule has 0 atom stereocenters. The molecule has 0 saturated carbocycles. The zero-order valence-corrected chi connectivity index (χ0v) is 18.4. The Hall–Kier alpha value is -2.93. The zero-order chi connectivity index (χ0) is 21.6. The van der Waals surface area contributed by atoms with Crippen molar-refractivity contribution in [2.75, 3.05) is 45.9 Å². The minimum absolute atomic E-state index is 0.507. The molecule has 2 N–H and O–H groups in total. The molecule has 0 fully saturated rings. The van der Waals surface area contributed by atoms with Crippen molar-refractivity contribution in [2.45, 2.75) is 26.8 Å². The Kier molecular flexibility index (Phi) is 10.4. The molecule has 164 valence electrons. The van der Waals surface area contributed by atoms with Gasteiger partial charge in [-0.25, -0.2) is 4.99 Å². The van der Waals surface area contributed by atoms with Crippen molar-refractivity contribution in [3.05, 3.63) is 48.0 Å². The molecule has 2 aromatic carbocycles. The van der Waals surface area contributed by atoms with E-state index in [1.165, 1.54) is 0 Å². The number of anilines is 1. The lowest BCUT2D eigenvalue weighted by atomic mass is 10.2. The molecule has 2 rings (SSSR count). The van der Waals surface area contributed by atoms with E-state index in [0.717, 1.165) is 41.5 Å². The van der Waals surface area contributed by atoms with E-state index in [1.54, 1.807) is 14.2 Å². The number of ether oxygens (including phenoxy) is 4. The quantitative estimate of drug-likeness (QED) is 0.309. The van der Waals surface area contributed by atoms with E-state index in [1.807, 2.05) is 56.3 Å². The van der Waals surface area contributed by atoms with Gasteiger partial charge in [0.25, 0.3) is 0 Å². The summed E-state index contributed by atoms with van der Waals surface area (Å²) in [6.45, 7) is 7.13. The van der Waals surface area contributed by atoms with Gasteiger partial charge < -0.3 is 29.6 Å². The van der Waals surface area contributed by atoms with Gasteiger partial charge >= 0.3 is 0 Å². The highest BCUT2D eigenvalue weighted by Gasteiger charge is 2.06. The fourth-order valence-corrected chi connectivity index (χ4v) is 2.76. The Balaban J connectivity index is 2.05. The largest absolute Gasteiger partial charge is 0.493 e. The Bertz CT molecular complexity index is 796. The van der Waals surface area contributed by atoms with Crippen molar-refractivity contribution in [1.82, 2.24) is 5.32 Å². The lowest BCUT2D eigenvalue weighted by Gasteiger charge is -2.13. The molecule has 0 aliphatic carbocycles. The van der Waals surface area contributed by atoms with Gasteiger partial charge in [0, 0.05) is 38.4 Å². The van der Waals surface area contributed by atoms with E-state index >= 15 is 0 Å². The van der Waals surface area contributed by atoms with Crippen molar-refractivity contribution in [3.8, 4) is 17.2 Å². The second-order valence-electron chi connectivity index (χ2n) is 6.46. The second-order valence-corrected chi connectivity index (χ2v) is 6.46. The molecular weight excluding hydrogens is 382 g/mol. The maximum atomic E-state index is 5.77. The molecule has 0 bridgehead atoms. The Morgan fingerprint density at radius 2 is 1.83 bits per heavy atom. The second kappa shape index (κ2) is 13.3. The van der Waals surface area contributed by atoms with E-state index in [9.17, 15) is 0 Å². The number of rotatable bonds is 12. The molecule has 0 amide bonds. The summed E-state index contributed by atoms with van der Waals surface area (Å²) in [5, 5.41) is 6.60. The molecule has 0 spiro atoms. The highest BCUT2D eigenvalue weighted by molar-refractivity contribution is 5.93. The predicted molar refractivity (Wildman–Crippen MR) is 121 cm³/mol. The lowest BCUT2D eigenvalue weighted by Crippen LogP contribution is -2.30. The minimum atomic E-state index is 0.507. The third-order valence-electron chi connectivity index (χ3n) is 4.15. The Morgan fingerprint density at radius 1 is 0.967 bits per heavy atom. The van der Waals surface area contributed by atoms with Crippen LogP contribution in [-0.4, -0.2) is 46.5 Å². The van der Waals surface area contributed by atoms with Crippen LogP contribution in [0.4, 0.5) is 5.69 Å². The van der Waals surface area contributed by atoms with Crippen LogP contribution in [-0.2, 0) is 11.3 Å². The number of hydrogen-bond acceptors (Lipinski definition) is 5. The number of hydrogen-bond donors (Lipinski definition) is 2. The molecule has 0 aliphatic rings. The molecule has 0 heterocycles. The highest BCUT2D eigenvalue weighted by Crippen LogP contribution is 2.28. The van der Waals surface area contributed by atoms with Crippen molar-refractivity contribution < 1.29 is 18.9 Å². The van der Waals surface area contributed by atoms with Crippen LogP contribution in [0.25, 0.3) is 0 Å². The molecular formula is C23H33N3O4. The van der Waals surface area contributed by atoms with Gasteiger partial charge in [-0.15, -0.1) is 0 Å². The summed E-state index contributed by atoms with van der Waals surface area (Å²) in [5.41, 5.74) is 1.94. The minimum Gasteiger partial charge on any atom is -0.493 e. The molecule has 30 heavy (non-hydrogen) atoms. The highest BCUT2D eigenvalue weighted by atomic mass is 16.5. The summed E-state index contributed by atoms with van der Waals surface area (Å²) in [5.74, 6) is 2.95. The van der Waals surface area contributed by atoms with Crippen LogP contribution in [0.1, 0.15) is 25.8 Å². The standard InChI is InChI=1S/C23H33N3O4/c1-5-24-23(25-17-18-11-12-21(28-4)22(15-18)29-6-2)26-19-9-7-10-20(16-19)30-14-8-13-27-3/h7,9-12,15-16H,5-6,8,13-14,17H2,1-4H3,(H2,24,25,26). The zero-order valence-electron chi connectivity index (χ0n) is 18.4. The monoisotopic (exact) mass is 415 g/mol. The average molecular weight is 416 g/mol. The van der Waals surface area contributed by atoms with Gasteiger partial charge in [0.15, 0.2) is 17.5 Å². The molecule has 7 heteroatoms. The molecule has 7 nitrogen and oxygen atoms in total. The van der Waals surface area contributed by atoms with Crippen LogP contribution in [0, 0.1) is 0 Å². The van der Waals surface area contributed by atoms with Gasteiger partial charge in [-0.2, -0.15) is 0 Å². The summed E-state index contributed by atoms with van der Waals surface area (Å²) in [7, 11) is 3.33. The Labute approximate surface area is 179 Å². The normalized spacial score (nSPS) is 11.1. The number of benzene rings is 2.